The van der Waals surface area contributed by atoms with Crippen molar-refractivity contribution in [1.82, 2.24) is 10.2 Å². The lowest BCUT2D eigenvalue weighted by Crippen LogP contribution is -2.17. The third kappa shape index (κ3) is 3.33. The molecule has 1 N–H and O–H groups in total. The van der Waals surface area contributed by atoms with Crippen molar-refractivity contribution in [2.75, 3.05) is 12.4 Å². The average Bonchev–Trinajstić information content (AvgIpc) is 2.98. The second kappa shape index (κ2) is 6.47. The smallest absolute Gasteiger partial charge is 0.358 e. The molecule has 0 bridgehead atoms. The Morgan fingerprint density at radius 3 is 2.60 bits per heavy atom. The highest BCUT2D eigenvalue weighted by Gasteiger charge is 2.17. The summed E-state index contributed by atoms with van der Waals surface area (Å²) in [6.07, 6.45) is 0. The van der Waals surface area contributed by atoms with Gasteiger partial charge in [0.05, 0.1) is 13.2 Å². The molecule has 0 spiro atoms. The highest BCUT2D eigenvalue weighted by molar-refractivity contribution is 7.10. The molecule has 2 rings (SSSR count). The fourth-order valence-electron chi connectivity index (χ4n) is 1.82. The number of carbonyl (C=O) groups is 1. The molecule has 5 nitrogen and oxygen atoms in total. The first-order valence-corrected chi connectivity index (χ1v) is 7.21. The van der Waals surface area contributed by atoms with Crippen LogP contribution >= 0.6 is 11.3 Å². The van der Waals surface area contributed by atoms with Gasteiger partial charge in [0.15, 0.2) is 5.69 Å². The number of anilines is 1. The van der Waals surface area contributed by atoms with E-state index in [2.05, 4.69) is 45.5 Å². The number of hydrogen-bond donors (Lipinski definition) is 1. The van der Waals surface area contributed by atoms with Gasteiger partial charge in [-0.25, -0.2) is 4.79 Å². The van der Waals surface area contributed by atoms with Crippen LogP contribution in [0.15, 0.2) is 29.6 Å². The van der Waals surface area contributed by atoms with Gasteiger partial charge >= 0.3 is 5.97 Å². The predicted molar refractivity (Wildman–Crippen MR) is 78.9 cm³/mol. The summed E-state index contributed by atoms with van der Waals surface area (Å²) in [4.78, 5) is 12.5. The maximum atomic E-state index is 11.3. The lowest BCUT2D eigenvalue weighted by molar-refractivity contribution is 0.0593. The van der Waals surface area contributed by atoms with E-state index in [0.717, 1.165) is 0 Å². The second-order valence-electron chi connectivity index (χ2n) is 4.68. The largest absolute Gasteiger partial charge is 0.464 e. The van der Waals surface area contributed by atoms with E-state index >= 15 is 0 Å². The van der Waals surface area contributed by atoms with E-state index in [1.54, 1.807) is 23.5 Å². The fourth-order valence-corrected chi connectivity index (χ4v) is 2.77. The first-order valence-electron chi connectivity index (χ1n) is 6.33. The molecule has 0 aliphatic heterocycles. The minimum Gasteiger partial charge on any atom is -0.464 e. The molecule has 0 saturated heterocycles. The quantitative estimate of drug-likeness (QED) is 0.857. The Bertz CT molecular complexity index is 552. The van der Waals surface area contributed by atoms with Crippen molar-refractivity contribution < 1.29 is 9.53 Å². The Hall–Kier alpha value is -1.95. The SMILES string of the molecule is COC(=O)c1ccc(NC(c2cccs2)C(C)C)nn1. The molecule has 106 valence electrons. The van der Waals surface area contributed by atoms with Gasteiger partial charge in [0, 0.05) is 4.88 Å². The van der Waals surface area contributed by atoms with Crippen molar-refractivity contribution in [3.05, 3.63) is 40.2 Å². The number of nitrogens with one attached hydrogen (secondary N) is 1. The Labute approximate surface area is 122 Å². The van der Waals surface area contributed by atoms with Crippen LogP contribution in [0, 0.1) is 5.92 Å². The molecule has 6 heteroatoms. The first kappa shape index (κ1) is 14.5. The van der Waals surface area contributed by atoms with Crippen LogP contribution in [0.2, 0.25) is 0 Å². The highest BCUT2D eigenvalue weighted by atomic mass is 32.1. The number of ether oxygens (including phenoxy) is 1. The third-order valence-electron chi connectivity index (χ3n) is 2.88. The minimum atomic E-state index is -0.484. The fraction of sp³-hybridized carbons (Fsp3) is 0.357. The van der Waals surface area contributed by atoms with Crippen molar-refractivity contribution in [3.63, 3.8) is 0 Å². The lowest BCUT2D eigenvalue weighted by Gasteiger charge is -2.21. The number of carbonyl (C=O) groups excluding carboxylic acids is 1. The van der Waals surface area contributed by atoms with Crippen molar-refractivity contribution in [1.29, 1.82) is 0 Å². The van der Waals surface area contributed by atoms with Crippen LogP contribution in [0.3, 0.4) is 0 Å². The zero-order chi connectivity index (χ0) is 14.5. The molecule has 0 aromatic carbocycles. The van der Waals surface area contributed by atoms with Gasteiger partial charge in [-0.05, 0) is 29.5 Å². The second-order valence-corrected chi connectivity index (χ2v) is 5.66. The Morgan fingerprint density at radius 2 is 2.10 bits per heavy atom. The Morgan fingerprint density at radius 1 is 1.30 bits per heavy atom. The summed E-state index contributed by atoms with van der Waals surface area (Å²) in [5.74, 6) is 0.572. The minimum absolute atomic E-state index is 0.174. The van der Waals surface area contributed by atoms with Crippen molar-refractivity contribution in [2.24, 2.45) is 5.92 Å². The average molecular weight is 291 g/mol. The van der Waals surface area contributed by atoms with Crippen LogP contribution in [-0.2, 0) is 4.74 Å². The summed E-state index contributed by atoms with van der Waals surface area (Å²) in [6, 6.07) is 7.64. The van der Waals surface area contributed by atoms with E-state index in [4.69, 9.17) is 0 Å². The van der Waals surface area contributed by atoms with Gasteiger partial charge in [-0.2, -0.15) is 0 Å². The van der Waals surface area contributed by atoms with E-state index in [1.807, 2.05) is 6.07 Å². The zero-order valence-corrected chi connectivity index (χ0v) is 12.5. The molecule has 0 saturated carbocycles. The molecule has 1 unspecified atom stereocenters. The van der Waals surface area contributed by atoms with Gasteiger partial charge in [0.2, 0.25) is 0 Å². The predicted octanol–water partition coefficient (Wildman–Crippen LogP) is 3.13. The van der Waals surface area contributed by atoms with E-state index in [1.165, 1.54) is 12.0 Å². The number of nitrogens with zero attached hydrogens (tertiary/aromatic N) is 2. The molecule has 0 fully saturated rings. The van der Waals surface area contributed by atoms with Crippen LogP contribution in [0.1, 0.15) is 35.3 Å². The maximum absolute atomic E-state index is 11.3. The van der Waals surface area contributed by atoms with Crippen LogP contribution in [0.25, 0.3) is 0 Å². The molecule has 1 atom stereocenters. The van der Waals surface area contributed by atoms with Crippen LogP contribution in [0.4, 0.5) is 5.82 Å². The topological polar surface area (TPSA) is 64.1 Å². The zero-order valence-electron chi connectivity index (χ0n) is 11.7. The van der Waals surface area contributed by atoms with Gasteiger partial charge in [-0.1, -0.05) is 19.9 Å². The van der Waals surface area contributed by atoms with Crippen LogP contribution in [-0.4, -0.2) is 23.3 Å². The highest BCUT2D eigenvalue weighted by Crippen LogP contribution is 2.28. The monoisotopic (exact) mass is 291 g/mol. The van der Waals surface area contributed by atoms with Gasteiger partial charge in [0.25, 0.3) is 0 Å². The lowest BCUT2D eigenvalue weighted by atomic mass is 10.0. The number of methoxy groups -OCH3 is 1. The molecule has 2 aromatic heterocycles. The molecular formula is C14H17N3O2S. The van der Waals surface area contributed by atoms with Gasteiger partial charge in [0.1, 0.15) is 5.82 Å². The van der Waals surface area contributed by atoms with E-state index in [9.17, 15) is 4.79 Å². The van der Waals surface area contributed by atoms with Gasteiger partial charge in [-0.15, -0.1) is 21.5 Å². The van der Waals surface area contributed by atoms with Crippen LogP contribution < -0.4 is 5.32 Å². The molecule has 0 aliphatic carbocycles. The van der Waals surface area contributed by atoms with Crippen LogP contribution in [0.5, 0.6) is 0 Å². The van der Waals surface area contributed by atoms with Crippen molar-refractivity contribution in [2.45, 2.75) is 19.9 Å². The van der Waals surface area contributed by atoms with Crippen molar-refractivity contribution >= 4 is 23.1 Å². The summed E-state index contributed by atoms with van der Waals surface area (Å²) < 4.78 is 4.59. The molecule has 2 aromatic rings. The summed E-state index contributed by atoms with van der Waals surface area (Å²) in [5.41, 5.74) is 0.204. The summed E-state index contributed by atoms with van der Waals surface area (Å²) in [6.45, 7) is 4.29. The standard InChI is InChI=1S/C14H17N3O2S/c1-9(2)13(11-5-4-8-20-11)15-12-7-6-10(16-17-12)14(18)19-3/h4-9,13H,1-3H3,(H,15,17). The summed E-state index contributed by atoms with van der Waals surface area (Å²) in [7, 11) is 1.32. The molecule has 2 heterocycles. The molecule has 0 radical (unpaired) electrons. The number of rotatable bonds is 5. The van der Waals surface area contributed by atoms with Gasteiger partial charge in [-0.3, -0.25) is 0 Å². The summed E-state index contributed by atoms with van der Waals surface area (Å²) >= 11 is 1.71. The molecule has 20 heavy (non-hydrogen) atoms. The van der Waals surface area contributed by atoms with E-state index in [-0.39, 0.29) is 11.7 Å². The number of thiophene rings is 1. The Balaban J connectivity index is 2.13. The Kier molecular flexibility index (Phi) is 4.68. The first-order chi connectivity index (χ1) is 9.61. The molecular weight excluding hydrogens is 274 g/mol. The third-order valence-corrected chi connectivity index (χ3v) is 3.83. The molecule has 0 aliphatic rings. The number of esters is 1. The van der Waals surface area contributed by atoms with E-state index in [0.29, 0.717) is 11.7 Å². The van der Waals surface area contributed by atoms with Crippen molar-refractivity contribution in [3.8, 4) is 0 Å². The number of aromatic nitrogens is 2. The number of hydrogen-bond acceptors (Lipinski definition) is 6. The van der Waals surface area contributed by atoms with E-state index < -0.39 is 5.97 Å². The summed E-state index contributed by atoms with van der Waals surface area (Å²) in [5, 5.41) is 13.3. The molecule has 0 amide bonds. The maximum Gasteiger partial charge on any atom is 0.358 e. The normalized spacial score (nSPS) is 12.2. The van der Waals surface area contributed by atoms with Gasteiger partial charge < -0.3 is 10.1 Å².